The SMILES string of the molecule is CO/N=C(/C[N+](=O)[O-])c1ccccc1O. The number of nitro groups is 1. The van der Waals surface area contributed by atoms with Crippen LogP contribution in [0.3, 0.4) is 0 Å². The van der Waals surface area contributed by atoms with Crippen LogP contribution in [0.25, 0.3) is 0 Å². The molecule has 0 saturated heterocycles. The number of nitrogens with zero attached hydrogens (tertiary/aromatic N) is 2. The van der Waals surface area contributed by atoms with Crippen LogP contribution < -0.4 is 0 Å². The summed E-state index contributed by atoms with van der Waals surface area (Å²) < 4.78 is 0. The monoisotopic (exact) mass is 210 g/mol. The Kier molecular flexibility index (Phi) is 3.61. The molecule has 0 aliphatic carbocycles. The minimum absolute atomic E-state index is 0.0600. The van der Waals surface area contributed by atoms with Gasteiger partial charge in [0.05, 0.1) is 0 Å². The third-order valence-corrected chi connectivity index (χ3v) is 1.70. The smallest absolute Gasteiger partial charge is 0.249 e. The normalized spacial score (nSPS) is 11.1. The highest BCUT2D eigenvalue weighted by atomic mass is 16.6. The number of hydrogen-bond donors (Lipinski definition) is 1. The van der Waals surface area contributed by atoms with E-state index in [2.05, 4.69) is 9.99 Å². The van der Waals surface area contributed by atoms with E-state index in [1.54, 1.807) is 12.1 Å². The van der Waals surface area contributed by atoms with Gasteiger partial charge in [-0.3, -0.25) is 10.1 Å². The molecule has 80 valence electrons. The van der Waals surface area contributed by atoms with Crippen molar-refractivity contribution >= 4 is 5.71 Å². The Bertz CT molecular complexity index is 389. The minimum Gasteiger partial charge on any atom is -0.507 e. The van der Waals surface area contributed by atoms with Gasteiger partial charge in [0.1, 0.15) is 12.9 Å². The third-order valence-electron chi connectivity index (χ3n) is 1.70. The minimum atomic E-state index is -0.537. The van der Waals surface area contributed by atoms with Crippen molar-refractivity contribution in [2.24, 2.45) is 5.16 Å². The fourth-order valence-corrected chi connectivity index (χ4v) is 1.11. The van der Waals surface area contributed by atoms with E-state index >= 15 is 0 Å². The second-order valence-electron chi connectivity index (χ2n) is 2.73. The third kappa shape index (κ3) is 2.94. The van der Waals surface area contributed by atoms with E-state index in [0.29, 0.717) is 5.56 Å². The maximum absolute atomic E-state index is 10.4. The van der Waals surface area contributed by atoms with Gasteiger partial charge in [-0.1, -0.05) is 17.3 Å². The summed E-state index contributed by atoms with van der Waals surface area (Å²) in [4.78, 5) is 14.3. The van der Waals surface area contributed by atoms with E-state index in [0.717, 1.165) is 0 Å². The average molecular weight is 210 g/mol. The van der Waals surface area contributed by atoms with Gasteiger partial charge in [0, 0.05) is 10.5 Å². The predicted octanol–water partition coefficient (Wildman–Crippen LogP) is 1.02. The van der Waals surface area contributed by atoms with Crippen molar-refractivity contribution in [2.45, 2.75) is 0 Å². The summed E-state index contributed by atoms with van der Waals surface area (Å²) in [5, 5.41) is 23.3. The first-order valence-corrected chi connectivity index (χ1v) is 4.15. The lowest BCUT2D eigenvalue weighted by Crippen LogP contribution is -2.15. The van der Waals surface area contributed by atoms with Crippen LogP contribution in [0.15, 0.2) is 29.4 Å². The molecule has 0 saturated carbocycles. The van der Waals surface area contributed by atoms with Crippen LogP contribution in [0, 0.1) is 10.1 Å². The van der Waals surface area contributed by atoms with Crippen LogP contribution in [0.2, 0.25) is 0 Å². The largest absolute Gasteiger partial charge is 0.507 e. The van der Waals surface area contributed by atoms with Crippen molar-refractivity contribution in [3.63, 3.8) is 0 Å². The highest BCUT2D eigenvalue weighted by Crippen LogP contribution is 2.16. The Balaban J connectivity index is 3.05. The number of aromatic hydroxyl groups is 1. The molecule has 0 aromatic heterocycles. The van der Waals surface area contributed by atoms with Crippen LogP contribution in [0.1, 0.15) is 5.56 Å². The lowest BCUT2D eigenvalue weighted by atomic mass is 10.1. The molecule has 6 heteroatoms. The summed E-state index contributed by atoms with van der Waals surface area (Å²) >= 11 is 0. The summed E-state index contributed by atoms with van der Waals surface area (Å²) in [6, 6.07) is 6.24. The first-order chi connectivity index (χ1) is 7.15. The Morgan fingerprint density at radius 3 is 2.80 bits per heavy atom. The fourth-order valence-electron chi connectivity index (χ4n) is 1.11. The first kappa shape index (κ1) is 11.0. The van der Waals surface area contributed by atoms with Crippen molar-refractivity contribution < 1.29 is 14.9 Å². The van der Waals surface area contributed by atoms with E-state index in [4.69, 9.17) is 0 Å². The Hall–Kier alpha value is -2.11. The maximum atomic E-state index is 10.4. The van der Waals surface area contributed by atoms with Crippen LogP contribution >= 0.6 is 0 Å². The molecule has 0 heterocycles. The van der Waals surface area contributed by atoms with E-state index in [1.165, 1.54) is 19.2 Å². The molecule has 0 unspecified atom stereocenters. The number of rotatable bonds is 4. The van der Waals surface area contributed by atoms with E-state index in [1.807, 2.05) is 0 Å². The van der Waals surface area contributed by atoms with Crippen LogP contribution in [-0.4, -0.2) is 29.4 Å². The number of benzene rings is 1. The van der Waals surface area contributed by atoms with Gasteiger partial charge in [-0.05, 0) is 12.1 Å². The Morgan fingerprint density at radius 2 is 2.27 bits per heavy atom. The molecule has 1 aromatic carbocycles. The zero-order valence-corrected chi connectivity index (χ0v) is 8.08. The topological polar surface area (TPSA) is 85.0 Å². The number of hydrogen-bond acceptors (Lipinski definition) is 5. The van der Waals surface area contributed by atoms with E-state index in [9.17, 15) is 15.2 Å². The average Bonchev–Trinajstić information content (AvgIpc) is 2.17. The second kappa shape index (κ2) is 4.94. The van der Waals surface area contributed by atoms with Gasteiger partial charge < -0.3 is 9.94 Å². The van der Waals surface area contributed by atoms with Crippen LogP contribution in [-0.2, 0) is 4.84 Å². The molecule has 0 spiro atoms. The first-order valence-electron chi connectivity index (χ1n) is 4.15. The molecule has 0 aliphatic rings. The molecule has 0 atom stereocenters. The van der Waals surface area contributed by atoms with Gasteiger partial charge in [0.15, 0.2) is 5.71 Å². The highest BCUT2D eigenvalue weighted by molar-refractivity contribution is 6.03. The quantitative estimate of drug-likeness (QED) is 0.456. The Labute approximate surface area is 85.9 Å². The van der Waals surface area contributed by atoms with Gasteiger partial charge >= 0.3 is 0 Å². The molecule has 0 aliphatic heterocycles. The van der Waals surface area contributed by atoms with Crippen molar-refractivity contribution in [1.82, 2.24) is 0 Å². The maximum Gasteiger partial charge on any atom is 0.249 e. The molecule has 15 heavy (non-hydrogen) atoms. The molecule has 0 fully saturated rings. The van der Waals surface area contributed by atoms with Crippen molar-refractivity contribution in [2.75, 3.05) is 13.7 Å². The molecular formula is C9H10N2O4. The van der Waals surface area contributed by atoms with Gasteiger partial charge in [-0.25, -0.2) is 0 Å². The van der Waals surface area contributed by atoms with Crippen molar-refractivity contribution in [3.05, 3.63) is 39.9 Å². The zero-order valence-electron chi connectivity index (χ0n) is 8.08. The lowest BCUT2D eigenvalue weighted by Gasteiger charge is -2.03. The summed E-state index contributed by atoms with van der Waals surface area (Å²) in [6.45, 7) is -0.495. The molecular weight excluding hydrogens is 200 g/mol. The van der Waals surface area contributed by atoms with Gasteiger partial charge in [0.2, 0.25) is 6.54 Å². The zero-order chi connectivity index (χ0) is 11.3. The Morgan fingerprint density at radius 1 is 1.60 bits per heavy atom. The van der Waals surface area contributed by atoms with Gasteiger partial charge in [-0.15, -0.1) is 0 Å². The highest BCUT2D eigenvalue weighted by Gasteiger charge is 2.14. The van der Waals surface area contributed by atoms with Crippen LogP contribution in [0.4, 0.5) is 0 Å². The second-order valence-corrected chi connectivity index (χ2v) is 2.73. The number of phenols is 1. The van der Waals surface area contributed by atoms with Crippen molar-refractivity contribution in [3.8, 4) is 5.75 Å². The van der Waals surface area contributed by atoms with E-state index < -0.39 is 11.5 Å². The molecule has 0 bridgehead atoms. The number of phenolic OH excluding ortho intramolecular Hbond substituents is 1. The molecule has 1 aromatic rings. The summed E-state index contributed by atoms with van der Waals surface area (Å²) in [5.41, 5.74) is 0.386. The standard InChI is InChI=1S/C9H10N2O4/c1-15-10-8(6-11(13)14)7-4-2-3-5-9(7)12/h2-5,12H,6H2,1H3/b10-8-. The number of oxime groups is 1. The summed E-state index contributed by atoms with van der Waals surface area (Å²) in [5.74, 6) is -0.0600. The fraction of sp³-hybridized carbons (Fsp3) is 0.222. The van der Waals surface area contributed by atoms with Crippen LogP contribution in [0.5, 0.6) is 5.75 Å². The number of para-hydroxylation sites is 1. The van der Waals surface area contributed by atoms with Gasteiger partial charge in [0.25, 0.3) is 0 Å². The van der Waals surface area contributed by atoms with Crippen molar-refractivity contribution in [1.29, 1.82) is 0 Å². The molecule has 0 radical (unpaired) electrons. The lowest BCUT2D eigenvalue weighted by molar-refractivity contribution is -0.463. The molecule has 1 rings (SSSR count). The van der Waals surface area contributed by atoms with Gasteiger partial charge in [-0.2, -0.15) is 0 Å². The summed E-state index contributed by atoms with van der Waals surface area (Å²) in [7, 11) is 1.29. The molecule has 6 nitrogen and oxygen atoms in total. The molecule has 1 N–H and O–H groups in total. The predicted molar refractivity (Wildman–Crippen MR) is 53.5 cm³/mol. The summed E-state index contributed by atoms with van der Waals surface area (Å²) in [6.07, 6.45) is 0. The molecule has 0 amide bonds. The van der Waals surface area contributed by atoms with E-state index in [-0.39, 0.29) is 11.5 Å².